The first kappa shape index (κ1) is 24.4. The van der Waals surface area contributed by atoms with Crippen LogP contribution < -0.4 is 0 Å². The van der Waals surface area contributed by atoms with E-state index in [1.807, 2.05) is 72.8 Å². The number of rotatable bonds is 4. The molecule has 0 N–H and O–H groups in total. The third kappa shape index (κ3) is 3.66. The summed E-state index contributed by atoms with van der Waals surface area (Å²) in [5.41, 5.74) is 7.73. The maximum absolute atomic E-state index is 5.14. The van der Waals surface area contributed by atoms with Gasteiger partial charge in [-0.3, -0.25) is 4.57 Å². The van der Waals surface area contributed by atoms with Crippen LogP contribution in [0, 0.1) is 0 Å². The number of hydrogen-bond acceptors (Lipinski definition) is 5. The monoisotopic (exact) mass is 565 g/mol. The van der Waals surface area contributed by atoms with Crippen LogP contribution >= 0.6 is 0 Å². The Labute approximate surface area is 251 Å². The Morgan fingerprint density at radius 1 is 0.432 bits per heavy atom. The SMILES string of the molecule is c1ccc(-c2nc(-c3ccccc3)nc(-n3c4ccccc4c4ccc5c6nnccc6n(-c6ccccc6)c5c43)n2)cc1. The summed E-state index contributed by atoms with van der Waals surface area (Å²) in [5, 5.41) is 12.1. The van der Waals surface area contributed by atoms with Gasteiger partial charge in [0, 0.05) is 33.0 Å². The number of aromatic nitrogens is 7. The van der Waals surface area contributed by atoms with Gasteiger partial charge in [0.1, 0.15) is 5.52 Å². The number of hydrogen-bond donors (Lipinski definition) is 0. The topological polar surface area (TPSA) is 74.3 Å². The Hall–Kier alpha value is -6.21. The average Bonchev–Trinajstić information content (AvgIpc) is 3.62. The van der Waals surface area contributed by atoms with Gasteiger partial charge in [-0.15, -0.1) is 5.10 Å². The van der Waals surface area contributed by atoms with Gasteiger partial charge in [0.15, 0.2) is 11.6 Å². The molecule has 4 heterocycles. The second kappa shape index (κ2) is 9.68. The first-order valence-electron chi connectivity index (χ1n) is 14.5. The molecule has 0 saturated heterocycles. The second-order valence-electron chi connectivity index (χ2n) is 10.7. The smallest absolute Gasteiger partial charge is 0.238 e. The Morgan fingerprint density at radius 3 is 1.73 bits per heavy atom. The number of para-hydroxylation sites is 2. The van der Waals surface area contributed by atoms with Gasteiger partial charge in [-0.1, -0.05) is 103 Å². The molecule has 5 aromatic carbocycles. The van der Waals surface area contributed by atoms with Crippen molar-refractivity contribution in [2.75, 3.05) is 0 Å². The predicted octanol–water partition coefficient (Wildman–Crippen LogP) is 8.19. The predicted molar refractivity (Wildman–Crippen MR) is 175 cm³/mol. The van der Waals surface area contributed by atoms with Gasteiger partial charge in [-0.05, 0) is 30.3 Å². The van der Waals surface area contributed by atoms with Gasteiger partial charge in [-0.2, -0.15) is 15.1 Å². The lowest BCUT2D eigenvalue weighted by molar-refractivity contribution is 0.953. The van der Waals surface area contributed by atoms with E-state index in [0.717, 1.165) is 60.6 Å². The molecule has 7 heteroatoms. The van der Waals surface area contributed by atoms with Crippen molar-refractivity contribution >= 4 is 43.7 Å². The summed E-state index contributed by atoms with van der Waals surface area (Å²) < 4.78 is 4.45. The lowest BCUT2D eigenvalue weighted by Crippen LogP contribution is -2.07. The first-order chi connectivity index (χ1) is 21.8. The molecular weight excluding hydrogens is 542 g/mol. The van der Waals surface area contributed by atoms with E-state index in [0.29, 0.717) is 17.6 Å². The van der Waals surface area contributed by atoms with Gasteiger partial charge in [0.2, 0.25) is 5.95 Å². The van der Waals surface area contributed by atoms with E-state index in [2.05, 4.69) is 80.0 Å². The third-order valence-corrected chi connectivity index (χ3v) is 8.13. The van der Waals surface area contributed by atoms with Crippen molar-refractivity contribution in [2.24, 2.45) is 0 Å². The highest BCUT2D eigenvalue weighted by Gasteiger charge is 2.23. The Morgan fingerprint density at radius 2 is 1.02 bits per heavy atom. The molecule has 0 saturated carbocycles. The summed E-state index contributed by atoms with van der Waals surface area (Å²) in [7, 11) is 0. The van der Waals surface area contributed by atoms with E-state index in [9.17, 15) is 0 Å². The molecule has 9 aromatic rings. The van der Waals surface area contributed by atoms with Crippen molar-refractivity contribution in [3.05, 3.63) is 140 Å². The molecular formula is C37H23N7. The molecule has 0 bridgehead atoms. The van der Waals surface area contributed by atoms with Crippen molar-refractivity contribution in [1.82, 2.24) is 34.3 Å². The fourth-order valence-electron chi connectivity index (χ4n) is 6.23. The van der Waals surface area contributed by atoms with Crippen LogP contribution in [0.4, 0.5) is 0 Å². The molecule has 0 amide bonds. The minimum absolute atomic E-state index is 0.548. The van der Waals surface area contributed by atoms with E-state index in [4.69, 9.17) is 15.0 Å². The summed E-state index contributed by atoms with van der Waals surface area (Å²) >= 11 is 0. The van der Waals surface area contributed by atoms with Crippen molar-refractivity contribution in [3.63, 3.8) is 0 Å². The highest BCUT2D eigenvalue weighted by Crippen LogP contribution is 2.40. The molecule has 0 fully saturated rings. The normalized spacial score (nSPS) is 11.6. The average molecular weight is 566 g/mol. The number of fused-ring (bicyclic) bond motifs is 7. The molecule has 44 heavy (non-hydrogen) atoms. The number of benzene rings is 5. The summed E-state index contributed by atoms with van der Waals surface area (Å²) in [6.07, 6.45) is 1.75. The molecule has 9 rings (SSSR count). The Bertz CT molecular complexity index is 2420. The number of nitrogens with zero attached hydrogens (tertiary/aromatic N) is 7. The van der Waals surface area contributed by atoms with E-state index in [1.54, 1.807) is 6.20 Å². The highest BCUT2D eigenvalue weighted by molar-refractivity contribution is 6.22. The van der Waals surface area contributed by atoms with Gasteiger partial charge >= 0.3 is 0 Å². The van der Waals surface area contributed by atoms with E-state index in [1.165, 1.54) is 0 Å². The molecule has 206 valence electrons. The second-order valence-corrected chi connectivity index (χ2v) is 10.7. The molecule has 0 radical (unpaired) electrons. The van der Waals surface area contributed by atoms with E-state index in [-0.39, 0.29) is 0 Å². The molecule has 0 atom stereocenters. The molecule has 4 aromatic heterocycles. The van der Waals surface area contributed by atoms with Gasteiger partial charge in [-0.25, -0.2) is 4.98 Å². The standard InChI is InChI=1S/C37H23N7/c1-4-12-24(13-5-1)35-39-36(25-14-6-2-7-15-25)41-37(40-35)44-30-19-11-10-18-27(30)28-20-21-29-32-31(22-23-38-42-32)43(34(29)33(28)44)26-16-8-3-9-17-26/h1-23H. The molecule has 7 nitrogen and oxygen atoms in total. The summed E-state index contributed by atoms with van der Waals surface area (Å²) in [4.78, 5) is 15.2. The lowest BCUT2D eigenvalue weighted by atomic mass is 10.1. The quantitative estimate of drug-likeness (QED) is 0.215. The van der Waals surface area contributed by atoms with Crippen molar-refractivity contribution < 1.29 is 0 Å². The van der Waals surface area contributed by atoms with E-state index >= 15 is 0 Å². The maximum Gasteiger partial charge on any atom is 0.238 e. The Kier molecular flexibility index (Phi) is 5.36. The zero-order valence-corrected chi connectivity index (χ0v) is 23.4. The lowest BCUT2D eigenvalue weighted by Gasteiger charge is -2.13. The maximum atomic E-state index is 5.14. The van der Waals surface area contributed by atoms with Gasteiger partial charge < -0.3 is 4.57 Å². The fourth-order valence-corrected chi connectivity index (χ4v) is 6.23. The fraction of sp³-hybridized carbons (Fsp3) is 0. The molecule has 0 aliphatic carbocycles. The van der Waals surface area contributed by atoms with Crippen LogP contribution in [-0.4, -0.2) is 34.3 Å². The molecule has 0 spiro atoms. The summed E-state index contributed by atoms with van der Waals surface area (Å²) in [5.74, 6) is 1.77. The first-order valence-corrected chi connectivity index (χ1v) is 14.5. The van der Waals surface area contributed by atoms with E-state index < -0.39 is 0 Å². The largest absolute Gasteiger partial charge is 0.305 e. The van der Waals surface area contributed by atoms with Crippen LogP contribution in [0.1, 0.15) is 0 Å². The highest BCUT2D eigenvalue weighted by atomic mass is 15.2. The van der Waals surface area contributed by atoms with Crippen LogP contribution in [0.5, 0.6) is 0 Å². The zero-order valence-electron chi connectivity index (χ0n) is 23.4. The minimum Gasteiger partial charge on any atom is -0.305 e. The molecule has 0 aliphatic heterocycles. The van der Waals surface area contributed by atoms with Crippen LogP contribution in [0.15, 0.2) is 140 Å². The van der Waals surface area contributed by atoms with Gasteiger partial charge in [0.25, 0.3) is 0 Å². The molecule has 0 aliphatic rings. The zero-order chi connectivity index (χ0) is 29.0. The van der Waals surface area contributed by atoms with Crippen LogP contribution in [0.2, 0.25) is 0 Å². The van der Waals surface area contributed by atoms with Crippen LogP contribution in [-0.2, 0) is 0 Å². The van der Waals surface area contributed by atoms with Crippen molar-refractivity contribution in [1.29, 1.82) is 0 Å². The minimum atomic E-state index is 0.548. The van der Waals surface area contributed by atoms with Crippen molar-refractivity contribution in [3.8, 4) is 34.4 Å². The Balaban J connectivity index is 1.48. The van der Waals surface area contributed by atoms with Crippen LogP contribution in [0.3, 0.4) is 0 Å². The molecule has 0 unspecified atom stereocenters. The summed E-state index contributed by atoms with van der Waals surface area (Å²) in [6.45, 7) is 0. The summed E-state index contributed by atoms with van der Waals surface area (Å²) in [6, 6.07) is 45.3. The van der Waals surface area contributed by atoms with Crippen LogP contribution in [0.25, 0.3) is 78.2 Å². The third-order valence-electron chi connectivity index (χ3n) is 8.13. The van der Waals surface area contributed by atoms with Crippen molar-refractivity contribution in [2.45, 2.75) is 0 Å². The van der Waals surface area contributed by atoms with Gasteiger partial charge in [0.05, 0.1) is 28.3 Å².